The number of nitrogens with one attached hydrogen (secondary N) is 3. The molecule has 3 rings (SSSR count). The second kappa shape index (κ2) is 7.82. The normalized spacial score (nSPS) is 28.0. The molecule has 1 aliphatic heterocycles. The lowest BCUT2D eigenvalue weighted by Gasteiger charge is -2.33. The standard InChI is InChI=1S/C17H27N3O3S/c1-24(21,22)20-14-7-5-13(6-8-14)11-19-16-4-2-3-15(16)17-12-23-10-9-18-17/h5-8,15-20H,2-4,9-12H2,1H3. The van der Waals surface area contributed by atoms with Crippen LogP contribution in [0.25, 0.3) is 0 Å². The van der Waals surface area contributed by atoms with Crippen LogP contribution in [0.1, 0.15) is 24.8 Å². The second-order valence-corrected chi connectivity index (χ2v) is 8.54. The molecule has 3 N–H and O–H groups in total. The van der Waals surface area contributed by atoms with Gasteiger partial charge in [0.1, 0.15) is 0 Å². The van der Waals surface area contributed by atoms with Gasteiger partial charge in [-0.05, 0) is 36.5 Å². The summed E-state index contributed by atoms with van der Waals surface area (Å²) in [6, 6.07) is 8.51. The van der Waals surface area contributed by atoms with E-state index in [0.717, 1.165) is 38.1 Å². The summed E-state index contributed by atoms with van der Waals surface area (Å²) < 4.78 is 30.6. The van der Waals surface area contributed by atoms with Crippen LogP contribution in [0.3, 0.4) is 0 Å². The molecule has 24 heavy (non-hydrogen) atoms. The minimum atomic E-state index is -3.22. The quantitative estimate of drug-likeness (QED) is 0.718. The van der Waals surface area contributed by atoms with Gasteiger partial charge in [-0.1, -0.05) is 18.6 Å². The lowest BCUT2D eigenvalue weighted by Crippen LogP contribution is -2.50. The van der Waals surface area contributed by atoms with Crippen molar-refractivity contribution in [3.05, 3.63) is 29.8 Å². The van der Waals surface area contributed by atoms with Crippen molar-refractivity contribution in [2.45, 2.75) is 37.9 Å². The SMILES string of the molecule is CS(=O)(=O)Nc1ccc(CNC2CCCC2C2COCCN2)cc1. The monoisotopic (exact) mass is 353 g/mol. The van der Waals surface area contributed by atoms with Gasteiger partial charge in [0, 0.05) is 30.9 Å². The summed E-state index contributed by atoms with van der Waals surface area (Å²) in [5.74, 6) is 0.622. The van der Waals surface area contributed by atoms with E-state index < -0.39 is 10.0 Å². The van der Waals surface area contributed by atoms with E-state index in [1.165, 1.54) is 19.3 Å². The molecule has 134 valence electrons. The summed E-state index contributed by atoms with van der Waals surface area (Å²) in [6.07, 6.45) is 4.87. The summed E-state index contributed by atoms with van der Waals surface area (Å²) in [5, 5.41) is 7.27. The molecule has 3 unspecified atom stereocenters. The summed E-state index contributed by atoms with van der Waals surface area (Å²) in [6.45, 7) is 3.38. The molecule has 2 fully saturated rings. The molecular formula is C17H27N3O3S. The van der Waals surface area contributed by atoms with E-state index in [0.29, 0.717) is 23.7 Å². The first-order valence-corrected chi connectivity index (χ1v) is 10.5. The highest BCUT2D eigenvalue weighted by molar-refractivity contribution is 7.92. The number of hydrogen-bond donors (Lipinski definition) is 3. The Morgan fingerprint density at radius 1 is 1.25 bits per heavy atom. The zero-order valence-electron chi connectivity index (χ0n) is 14.1. The zero-order valence-corrected chi connectivity index (χ0v) is 14.9. The Kier molecular flexibility index (Phi) is 5.76. The van der Waals surface area contributed by atoms with Gasteiger partial charge in [-0.25, -0.2) is 8.42 Å². The van der Waals surface area contributed by atoms with Crippen molar-refractivity contribution in [3.63, 3.8) is 0 Å². The van der Waals surface area contributed by atoms with Crippen molar-refractivity contribution in [3.8, 4) is 0 Å². The fraction of sp³-hybridized carbons (Fsp3) is 0.647. The van der Waals surface area contributed by atoms with Crippen molar-refractivity contribution < 1.29 is 13.2 Å². The molecule has 1 heterocycles. The van der Waals surface area contributed by atoms with Gasteiger partial charge >= 0.3 is 0 Å². The first-order chi connectivity index (χ1) is 11.5. The molecule has 7 heteroatoms. The molecule has 0 amide bonds. The molecule has 1 aromatic rings. The molecule has 1 saturated heterocycles. The largest absolute Gasteiger partial charge is 0.379 e. The highest BCUT2D eigenvalue weighted by Crippen LogP contribution is 2.29. The maximum absolute atomic E-state index is 11.2. The highest BCUT2D eigenvalue weighted by Gasteiger charge is 2.34. The predicted octanol–water partition coefficient (Wildman–Crippen LogP) is 1.30. The average molecular weight is 353 g/mol. The molecule has 1 aromatic carbocycles. The van der Waals surface area contributed by atoms with Crippen LogP contribution >= 0.6 is 0 Å². The third-order valence-corrected chi connectivity index (χ3v) is 5.47. The van der Waals surface area contributed by atoms with Gasteiger partial charge in [0.15, 0.2) is 0 Å². The highest BCUT2D eigenvalue weighted by atomic mass is 32.2. The van der Waals surface area contributed by atoms with Crippen molar-refractivity contribution >= 4 is 15.7 Å². The first kappa shape index (κ1) is 17.7. The van der Waals surface area contributed by atoms with E-state index >= 15 is 0 Å². The number of ether oxygens (including phenoxy) is 1. The summed E-state index contributed by atoms with van der Waals surface area (Å²) >= 11 is 0. The Morgan fingerprint density at radius 2 is 2.04 bits per heavy atom. The third-order valence-electron chi connectivity index (χ3n) is 4.86. The fourth-order valence-corrected chi connectivity index (χ4v) is 4.30. The molecule has 0 bridgehead atoms. The number of benzene rings is 1. The van der Waals surface area contributed by atoms with E-state index in [9.17, 15) is 8.42 Å². The van der Waals surface area contributed by atoms with Gasteiger partial charge < -0.3 is 15.4 Å². The van der Waals surface area contributed by atoms with Crippen LogP contribution in [0.5, 0.6) is 0 Å². The Hall–Kier alpha value is -1.15. The summed E-state index contributed by atoms with van der Waals surface area (Å²) in [7, 11) is -3.22. The van der Waals surface area contributed by atoms with Crippen LogP contribution in [0.4, 0.5) is 5.69 Å². The van der Waals surface area contributed by atoms with Gasteiger partial charge in [-0.15, -0.1) is 0 Å². The zero-order chi connectivity index (χ0) is 17.0. The van der Waals surface area contributed by atoms with E-state index in [-0.39, 0.29) is 0 Å². The second-order valence-electron chi connectivity index (χ2n) is 6.79. The summed E-state index contributed by atoms with van der Waals surface area (Å²) in [5.41, 5.74) is 1.76. The Labute approximate surface area is 144 Å². The number of hydrogen-bond acceptors (Lipinski definition) is 5. The fourth-order valence-electron chi connectivity index (χ4n) is 3.74. The molecule has 3 atom stereocenters. The van der Waals surface area contributed by atoms with Crippen molar-refractivity contribution in [1.82, 2.24) is 10.6 Å². The van der Waals surface area contributed by atoms with Crippen molar-refractivity contribution in [1.29, 1.82) is 0 Å². The van der Waals surface area contributed by atoms with Gasteiger partial charge in [-0.3, -0.25) is 4.72 Å². The van der Waals surface area contributed by atoms with E-state index in [2.05, 4.69) is 15.4 Å². The third kappa shape index (κ3) is 4.92. The molecular weight excluding hydrogens is 326 g/mol. The maximum Gasteiger partial charge on any atom is 0.229 e. The predicted molar refractivity (Wildman–Crippen MR) is 95.5 cm³/mol. The molecule has 1 saturated carbocycles. The average Bonchev–Trinajstić information content (AvgIpc) is 3.02. The van der Waals surface area contributed by atoms with Crippen molar-refractivity contribution in [2.24, 2.45) is 5.92 Å². The van der Waals surface area contributed by atoms with Gasteiger partial charge in [0.25, 0.3) is 0 Å². The van der Waals surface area contributed by atoms with Crippen molar-refractivity contribution in [2.75, 3.05) is 30.7 Å². The molecule has 0 radical (unpaired) electrons. The number of rotatable bonds is 6. The first-order valence-electron chi connectivity index (χ1n) is 8.62. The van der Waals surface area contributed by atoms with Gasteiger partial charge in [0.2, 0.25) is 10.0 Å². The van der Waals surface area contributed by atoms with Crippen LogP contribution in [0.15, 0.2) is 24.3 Å². The van der Waals surface area contributed by atoms with Crippen LogP contribution < -0.4 is 15.4 Å². The Bertz CT molecular complexity index is 627. The smallest absolute Gasteiger partial charge is 0.229 e. The van der Waals surface area contributed by atoms with Crippen LogP contribution in [-0.2, 0) is 21.3 Å². The minimum absolute atomic E-state index is 0.458. The lowest BCUT2D eigenvalue weighted by molar-refractivity contribution is 0.0524. The van der Waals surface area contributed by atoms with E-state index in [4.69, 9.17) is 4.74 Å². The Morgan fingerprint density at radius 3 is 2.71 bits per heavy atom. The lowest BCUT2D eigenvalue weighted by atomic mass is 9.94. The van der Waals surface area contributed by atoms with Gasteiger partial charge in [0.05, 0.1) is 19.5 Å². The molecule has 0 spiro atoms. The molecule has 0 aromatic heterocycles. The molecule has 6 nitrogen and oxygen atoms in total. The van der Waals surface area contributed by atoms with E-state index in [1.807, 2.05) is 12.1 Å². The van der Waals surface area contributed by atoms with Crippen LogP contribution in [0.2, 0.25) is 0 Å². The topological polar surface area (TPSA) is 79.5 Å². The maximum atomic E-state index is 11.2. The minimum Gasteiger partial charge on any atom is -0.379 e. The van der Waals surface area contributed by atoms with E-state index in [1.54, 1.807) is 12.1 Å². The molecule has 2 aliphatic rings. The Balaban J connectivity index is 1.53. The number of morpholine rings is 1. The van der Waals surface area contributed by atoms with Gasteiger partial charge in [-0.2, -0.15) is 0 Å². The van der Waals surface area contributed by atoms with Crippen LogP contribution in [0, 0.1) is 5.92 Å². The number of sulfonamides is 1. The molecule has 1 aliphatic carbocycles. The summed E-state index contributed by atoms with van der Waals surface area (Å²) in [4.78, 5) is 0. The number of anilines is 1. The van der Waals surface area contributed by atoms with Crippen LogP contribution in [-0.4, -0.2) is 46.5 Å².